The molecule has 2 aliphatic heterocycles. The second-order valence-electron chi connectivity index (χ2n) is 7.38. The number of hydrogen-bond acceptors (Lipinski definition) is 3. The van der Waals surface area contributed by atoms with Crippen molar-refractivity contribution in [2.45, 2.75) is 45.6 Å². The van der Waals surface area contributed by atoms with E-state index in [1.54, 1.807) is 6.20 Å². The third kappa shape index (κ3) is 2.14. The minimum atomic E-state index is -0.265. The molecule has 0 spiro atoms. The van der Waals surface area contributed by atoms with Crippen LogP contribution in [0.25, 0.3) is 10.8 Å². The second kappa shape index (κ2) is 5.97. The third-order valence-electron chi connectivity index (χ3n) is 5.64. The molecule has 0 aromatic heterocycles. The predicted octanol–water partition coefficient (Wildman–Crippen LogP) is 4.27. The first kappa shape index (κ1) is 16.8. The topological polar surface area (TPSA) is 55.3 Å². The summed E-state index contributed by atoms with van der Waals surface area (Å²) in [4.78, 5) is 12.4. The van der Waals surface area contributed by atoms with E-state index < -0.39 is 0 Å². The molecule has 2 aliphatic rings. The summed E-state index contributed by atoms with van der Waals surface area (Å²) < 4.78 is 7.71. The van der Waals surface area contributed by atoms with E-state index in [4.69, 9.17) is 10.5 Å². The van der Waals surface area contributed by atoms with Gasteiger partial charge in [0.15, 0.2) is 5.54 Å². The molecule has 0 radical (unpaired) electrons. The number of benzene rings is 2. The molecule has 0 fully saturated rings. The maximum atomic E-state index is 12.4. The van der Waals surface area contributed by atoms with Gasteiger partial charge in [0.1, 0.15) is 0 Å². The van der Waals surface area contributed by atoms with Gasteiger partial charge in [-0.25, -0.2) is 4.79 Å². The van der Waals surface area contributed by atoms with Crippen LogP contribution in [0, 0.1) is 0 Å². The van der Waals surface area contributed by atoms with Gasteiger partial charge < -0.3 is 10.5 Å². The first-order chi connectivity index (χ1) is 12.6. The summed E-state index contributed by atoms with van der Waals surface area (Å²) in [5, 5.41) is 2.09. The van der Waals surface area contributed by atoms with Gasteiger partial charge in [-0.05, 0) is 25.5 Å². The van der Waals surface area contributed by atoms with Crippen molar-refractivity contribution in [2.24, 2.45) is 5.73 Å². The van der Waals surface area contributed by atoms with Gasteiger partial charge in [-0.2, -0.15) is 4.58 Å². The number of hydrogen-bond donors (Lipinski definition) is 1. The Morgan fingerprint density at radius 1 is 1.31 bits per heavy atom. The second-order valence-corrected chi connectivity index (χ2v) is 7.38. The summed E-state index contributed by atoms with van der Waals surface area (Å²) in [6, 6.07) is 10.1. The molecule has 4 nitrogen and oxygen atoms in total. The summed E-state index contributed by atoms with van der Waals surface area (Å²) in [5.41, 5.74) is 11.4. The molecular weight excluding hydrogens is 324 g/mol. The average Bonchev–Trinajstić information content (AvgIpc) is 3.12. The molecule has 0 saturated heterocycles. The summed E-state index contributed by atoms with van der Waals surface area (Å²) in [7, 11) is 0. The van der Waals surface area contributed by atoms with Gasteiger partial charge >= 0.3 is 5.97 Å². The lowest BCUT2D eigenvalue weighted by Crippen LogP contribution is -2.32. The van der Waals surface area contributed by atoms with Crippen LogP contribution in [0.4, 0.5) is 5.69 Å². The number of nitrogens with two attached hydrogens (primary N) is 1. The zero-order chi connectivity index (χ0) is 18.5. The molecule has 4 rings (SSSR count). The van der Waals surface area contributed by atoms with E-state index in [0.29, 0.717) is 12.2 Å². The zero-order valence-corrected chi connectivity index (χ0v) is 15.6. The fourth-order valence-corrected chi connectivity index (χ4v) is 4.73. The van der Waals surface area contributed by atoms with Crippen LogP contribution in [0.3, 0.4) is 0 Å². The molecule has 2 aromatic rings. The molecule has 0 saturated carbocycles. The molecule has 2 heterocycles. The molecule has 26 heavy (non-hydrogen) atoms. The normalized spacial score (nSPS) is 22.3. The largest absolute Gasteiger partial charge is 0.462 e. The van der Waals surface area contributed by atoms with E-state index in [1.165, 1.54) is 22.5 Å². The number of carbonyl (C=O) groups is 1. The summed E-state index contributed by atoms with van der Waals surface area (Å²) in [5.74, 6) is -0.265. The van der Waals surface area contributed by atoms with Crippen LogP contribution in [-0.4, -0.2) is 28.4 Å². The number of ether oxygens (including phenoxy) is 1. The Kier molecular flexibility index (Phi) is 3.87. The van der Waals surface area contributed by atoms with E-state index in [-0.39, 0.29) is 11.5 Å². The maximum absolute atomic E-state index is 12.4. The minimum absolute atomic E-state index is 0.00663. The van der Waals surface area contributed by atoms with Crippen molar-refractivity contribution in [3.05, 3.63) is 53.2 Å². The molecule has 2 N–H and O–H groups in total. The molecule has 1 atom stereocenters. The average molecular weight is 349 g/mol. The van der Waals surface area contributed by atoms with E-state index in [1.807, 2.05) is 25.1 Å². The number of rotatable bonds is 4. The lowest BCUT2D eigenvalue weighted by Gasteiger charge is -2.21. The third-order valence-corrected chi connectivity index (χ3v) is 5.64. The molecule has 0 bridgehead atoms. The number of esters is 1. The number of carbonyl (C=O) groups excluding carboxylic acids is 1. The number of nitrogens with zero attached hydrogens (tertiary/aromatic N) is 1. The Morgan fingerprint density at radius 3 is 2.81 bits per heavy atom. The fraction of sp³-hybridized carbons (Fsp3) is 0.364. The van der Waals surface area contributed by atoms with Gasteiger partial charge in [0, 0.05) is 43.0 Å². The van der Waals surface area contributed by atoms with Crippen molar-refractivity contribution in [1.29, 1.82) is 0 Å². The van der Waals surface area contributed by atoms with Gasteiger partial charge in [-0.15, -0.1) is 0 Å². The summed E-state index contributed by atoms with van der Waals surface area (Å²) in [6.07, 6.45) is 4.89. The summed E-state index contributed by atoms with van der Waals surface area (Å²) in [6.45, 7) is 6.74. The van der Waals surface area contributed by atoms with E-state index in [2.05, 4.69) is 30.6 Å². The van der Waals surface area contributed by atoms with Crippen molar-refractivity contribution in [2.75, 3.05) is 6.61 Å². The van der Waals surface area contributed by atoms with Crippen molar-refractivity contribution in [3.63, 3.8) is 0 Å². The smallest absolute Gasteiger partial charge is 0.338 e. The Balaban J connectivity index is 2.00. The maximum Gasteiger partial charge on any atom is 0.338 e. The molecule has 4 heteroatoms. The molecular formula is C22H25N2O2+. The highest BCUT2D eigenvalue weighted by Gasteiger charge is 2.52. The molecule has 1 unspecified atom stereocenters. The van der Waals surface area contributed by atoms with Crippen molar-refractivity contribution < 1.29 is 14.1 Å². The van der Waals surface area contributed by atoms with Crippen LogP contribution in [0.1, 0.15) is 56.0 Å². The van der Waals surface area contributed by atoms with Crippen LogP contribution in [0.15, 0.2) is 42.1 Å². The van der Waals surface area contributed by atoms with Crippen LogP contribution >= 0.6 is 0 Å². The highest BCUT2D eigenvalue weighted by Crippen LogP contribution is 2.48. The first-order valence-corrected chi connectivity index (χ1v) is 9.37. The van der Waals surface area contributed by atoms with Crippen LogP contribution in [0.5, 0.6) is 0 Å². The Labute approximate surface area is 154 Å². The lowest BCUT2D eigenvalue weighted by molar-refractivity contribution is -0.518. The molecule has 2 aromatic carbocycles. The fourth-order valence-electron chi connectivity index (χ4n) is 4.73. The van der Waals surface area contributed by atoms with Gasteiger partial charge in [0.2, 0.25) is 11.4 Å². The van der Waals surface area contributed by atoms with E-state index in [0.717, 1.165) is 30.0 Å². The van der Waals surface area contributed by atoms with Gasteiger partial charge in [-0.3, -0.25) is 0 Å². The van der Waals surface area contributed by atoms with E-state index in [9.17, 15) is 4.79 Å². The van der Waals surface area contributed by atoms with E-state index >= 15 is 0 Å². The zero-order valence-electron chi connectivity index (χ0n) is 15.6. The Morgan fingerprint density at radius 2 is 2.12 bits per heavy atom. The SMILES string of the molecule is CCCC1(C)C/C(=C\N)C2=[N+]1c1ccc(C(=O)OCC)c3cccc2c13. The molecule has 0 amide bonds. The molecule has 134 valence electrons. The standard InChI is InChI=1S/C22H24N2O2/c1-4-11-22(3)12-14(13-23)20-17-8-6-7-15-16(21(25)26-5-2)9-10-18(19(15)17)24(20)22/h6-10,13,23H,4-5,11-12H2,1-3H3/p+1. The van der Waals surface area contributed by atoms with Crippen LogP contribution in [-0.2, 0) is 4.74 Å². The van der Waals surface area contributed by atoms with Gasteiger partial charge in [0.05, 0.1) is 23.1 Å². The Bertz CT molecular complexity index is 987. The quantitative estimate of drug-likeness (QED) is 0.662. The first-order valence-electron chi connectivity index (χ1n) is 9.37. The molecule has 0 aliphatic carbocycles. The van der Waals surface area contributed by atoms with Crippen molar-refractivity contribution in [1.82, 2.24) is 0 Å². The van der Waals surface area contributed by atoms with Crippen LogP contribution in [0.2, 0.25) is 0 Å². The summed E-state index contributed by atoms with van der Waals surface area (Å²) >= 11 is 0. The lowest BCUT2D eigenvalue weighted by atomic mass is 9.87. The Hall–Kier alpha value is -2.62. The van der Waals surface area contributed by atoms with Crippen molar-refractivity contribution >= 4 is 28.1 Å². The highest BCUT2D eigenvalue weighted by atomic mass is 16.5. The van der Waals surface area contributed by atoms with Gasteiger partial charge in [0.25, 0.3) is 0 Å². The monoisotopic (exact) mass is 349 g/mol. The van der Waals surface area contributed by atoms with Gasteiger partial charge in [-0.1, -0.05) is 19.1 Å². The predicted molar refractivity (Wildman–Crippen MR) is 104 cm³/mol. The van der Waals surface area contributed by atoms with Crippen molar-refractivity contribution in [3.8, 4) is 0 Å². The number of fused-ring (bicyclic) bond motifs is 2. The minimum Gasteiger partial charge on any atom is -0.462 e. The highest BCUT2D eigenvalue weighted by molar-refractivity contribution is 6.24. The van der Waals surface area contributed by atoms with Crippen LogP contribution < -0.4 is 5.73 Å².